The van der Waals surface area contributed by atoms with Crippen LogP contribution in [-0.2, 0) is 11.2 Å². The number of anilines is 3. The van der Waals surface area contributed by atoms with E-state index in [9.17, 15) is 4.79 Å². The van der Waals surface area contributed by atoms with Crippen LogP contribution in [0.5, 0.6) is 11.5 Å². The van der Waals surface area contributed by atoms with Crippen molar-refractivity contribution < 1.29 is 14.3 Å². The van der Waals surface area contributed by atoms with Crippen molar-refractivity contribution in [3.05, 3.63) is 58.6 Å². The first-order chi connectivity index (χ1) is 13.5. The van der Waals surface area contributed by atoms with E-state index < -0.39 is 0 Å². The third kappa shape index (κ3) is 4.80. The van der Waals surface area contributed by atoms with Crippen LogP contribution < -0.4 is 20.1 Å². The molecule has 0 aliphatic carbocycles. The summed E-state index contributed by atoms with van der Waals surface area (Å²) in [7, 11) is 3.22. The highest BCUT2D eigenvalue weighted by atomic mass is 32.1. The number of benzene rings is 2. The van der Waals surface area contributed by atoms with Crippen LogP contribution in [0, 0.1) is 13.8 Å². The number of methoxy groups -OCH3 is 2. The van der Waals surface area contributed by atoms with Gasteiger partial charge < -0.3 is 20.1 Å². The van der Waals surface area contributed by atoms with Crippen molar-refractivity contribution in [3.8, 4) is 11.5 Å². The van der Waals surface area contributed by atoms with Crippen molar-refractivity contribution in [1.82, 2.24) is 4.98 Å². The summed E-state index contributed by atoms with van der Waals surface area (Å²) >= 11 is 1.43. The molecule has 3 aromatic rings. The van der Waals surface area contributed by atoms with Gasteiger partial charge in [-0.3, -0.25) is 4.79 Å². The molecule has 0 saturated carbocycles. The minimum atomic E-state index is -0.0930. The van der Waals surface area contributed by atoms with Gasteiger partial charge in [-0.25, -0.2) is 4.98 Å². The van der Waals surface area contributed by atoms with Crippen molar-refractivity contribution in [2.24, 2.45) is 0 Å². The number of aromatic nitrogens is 1. The van der Waals surface area contributed by atoms with Crippen LogP contribution in [0.3, 0.4) is 0 Å². The maximum atomic E-state index is 12.4. The standard InChI is InChI=1S/C21H23N3O3S/c1-13-5-6-14(2)17(9-13)23-20(25)10-15-12-28-21(22-15)24-18-11-16(26-3)7-8-19(18)27-4/h5-9,11-12H,10H2,1-4H3,(H,22,24)(H,23,25). The third-order valence-electron chi connectivity index (χ3n) is 4.21. The Balaban J connectivity index is 1.67. The van der Waals surface area contributed by atoms with Crippen LogP contribution in [-0.4, -0.2) is 25.1 Å². The predicted molar refractivity (Wildman–Crippen MR) is 113 cm³/mol. The molecule has 0 saturated heterocycles. The fourth-order valence-corrected chi connectivity index (χ4v) is 3.42. The fourth-order valence-electron chi connectivity index (χ4n) is 2.70. The maximum Gasteiger partial charge on any atom is 0.230 e. The lowest BCUT2D eigenvalue weighted by Gasteiger charge is -2.10. The lowest BCUT2D eigenvalue weighted by atomic mass is 10.1. The average Bonchev–Trinajstić information content (AvgIpc) is 3.11. The zero-order valence-electron chi connectivity index (χ0n) is 16.3. The Morgan fingerprint density at radius 3 is 2.64 bits per heavy atom. The Morgan fingerprint density at radius 2 is 1.89 bits per heavy atom. The summed E-state index contributed by atoms with van der Waals surface area (Å²) in [6.45, 7) is 3.97. The van der Waals surface area contributed by atoms with Crippen LogP contribution >= 0.6 is 11.3 Å². The molecule has 0 unspecified atom stereocenters. The predicted octanol–water partition coefficient (Wildman–Crippen LogP) is 4.70. The number of nitrogens with zero attached hydrogens (tertiary/aromatic N) is 1. The molecule has 0 aliphatic heterocycles. The monoisotopic (exact) mass is 397 g/mol. The van der Waals surface area contributed by atoms with Gasteiger partial charge in [-0.2, -0.15) is 0 Å². The van der Waals surface area contributed by atoms with Crippen molar-refractivity contribution in [2.75, 3.05) is 24.9 Å². The van der Waals surface area contributed by atoms with Crippen molar-refractivity contribution in [1.29, 1.82) is 0 Å². The van der Waals surface area contributed by atoms with Crippen LogP contribution in [0.25, 0.3) is 0 Å². The van der Waals surface area contributed by atoms with Gasteiger partial charge in [-0.1, -0.05) is 12.1 Å². The second kappa shape index (κ2) is 8.75. The van der Waals surface area contributed by atoms with Gasteiger partial charge in [0.1, 0.15) is 11.5 Å². The van der Waals surface area contributed by atoms with Crippen LogP contribution in [0.15, 0.2) is 41.8 Å². The number of aryl methyl sites for hydroxylation is 2. The molecule has 1 heterocycles. The number of hydrogen-bond acceptors (Lipinski definition) is 6. The van der Waals surface area contributed by atoms with Crippen LogP contribution in [0.4, 0.5) is 16.5 Å². The van der Waals surface area contributed by atoms with Gasteiger partial charge in [-0.15, -0.1) is 11.3 Å². The SMILES string of the molecule is COc1ccc(OC)c(Nc2nc(CC(=O)Nc3cc(C)ccc3C)cs2)c1. The number of nitrogens with one attached hydrogen (secondary N) is 2. The lowest BCUT2D eigenvalue weighted by molar-refractivity contribution is -0.115. The number of carbonyl (C=O) groups excluding carboxylic acids is 1. The van der Waals surface area contributed by atoms with Gasteiger partial charge in [0, 0.05) is 17.1 Å². The van der Waals surface area contributed by atoms with E-state index in [2.05, 4.69) is 15.6 Å². The van der Waals surface area contributed by atoms with Crippen molar-refractivity contribution in [3.63, 3.8) is 0 Å². The van der Waals surface area contributed by atoms with Gasteiger partial charge in [0.15, 0.2) is 5.13 Å². The molecule has 7 heteroatoms. The highest BCUT2D eigenvalue weighted by molar-refractivity contribution is 7.13. The minimum Gasteiger partial charge on any atom is -0.497 e. The summed E-state index contributed by atoms with van der Waals surface area (Å²) in [6.07, 6.45) is 0.209. The molecule has 0 fully saturated rings. The molecule has 0 radical (unpaired) electrons. The Kier molecular flexibility index (Phi) is 6.16. The molecule has 0 bridgehead atoms. The summed E-state index contributed by atoms with van der Waals surface area (Å²) in [5, 5.41) is 8.74. The molecular weight excluding hydrogens is 374 g/mol. The van der Waals surface area contributed by atoms with Gasteiger partial charge >= 0.3 is 0 Å². The molecule has 6 nitrogen and oxygen atoms in total. The first-order valence-electron chi connectivity index (χ1n) is 8.79. The highest BCUT2D eigenvalue weighted by Crippen LogP contribution is 2.32. The molecule has 1 amide bonds. The van der Waals surface area contributed by atoms with E-state index in [1.807, 2.05) is 55.6 Å². The first-order valence-corrected chi connectivity index (χ1v) is 9.67. The zero-order valence-corrected chi connectivity index (χ0v) is 17.1. The number of rotatable bonds is 7. The topological polar surface area (TPSA) is 72.5 Å². The first kappa shape index (κ1) is 19.7. The number of hydrogen-bond donors (Lipinski definition) is 2. The average molecular weight is 398 g/mol. The lowest BCUT2D eigenvalue weighted by Crippen LogP contribution is -2.15. The molecule has 3 rings (SSSR count). The van der Waals surface area contributed by atoms with Gasteiger partial charge in [-0.05, 0) is 43.2 Å². The zero-order chi connectivity index (χ0) is 20.1. The van der Waals surface area contributed by atoms with Gasteiger partial charge in [0.2, 0.25) is 5.91 Å². The number of thiazole rings is 1. The molecule has 0 spiro atoms. The Labute approximate surface area is 168 Å². The molecular formula is C21H23N3O3S. The summed E-state index contributed by atoms with van der Waals surface area (Å²) in [5.74, 6) is 1.31. The van der Waals surface area contributed by atoms with Crippen LogP contribution in [0.2, 0.25) is 0 Å². The fraction of sp³-hybridized carbons (Fsp3) is 0.238. The number of carbonyl (C=O) groups is 1. The highest BCUT2D eigenvalue weighted by Gasteiger charge is 2.12. The summed E-state index contributed by atoms with van der Waals surface area (Å²) < 4.78 is 10.6. The van der Waals surface area contributed by atoms with E-state index in [4.69, 9.17) is 9.47 Å². The van der Waals surface area contributed by atoms with Crippen LogP contribution in [0.1, 0.15) is 16.8 Å². The molecule has 146 valence electrons. The minimum absolute atomic E-state index is 0.0930. The second-order valence-electron chi connectivity index (χ2n) is 6.38. The quantitative estimate of drug-likeness (QED) is 0.604. The molecule has 2 N–H and O–H groups in total. The molecule has 2 aromatic carbocycles. The van der Waals surface area contributed by atoms with Gasteiger partial charge in [0.05, 0.1) is 32.0 Å². The molecule has 0 aliphatic rings. The largest absolute Gasteiger partial charge is 0.497 e. The Hall–Kier alpha value is -3.06. The summed E-state index contributed by atoms with van der Waals surface area (Å²) in [5.41, 5.74) is 4.43. The van der Waals surface area contributed by atoms with E-state index in [0.29, 0.717) is 22.3 Å². The normalized spacial score (nSPS) is 10.4. The molecule has 28 heavy (non-hydrogen) atoms. The van der Waals surface area contributed by atoms with E-state index in [0.717, 1.165) is 22.5 Å². The summed E-state index contributed by atoms with van der Waals surface area (Å²) in [6, 6.07) is 11.5. The third-order valence-corrected chi connectivity index (χ3v) is 5.02. The van der Waals surface area contributed by atoms with Gasteiger partial charge in [0.25, 0.3) is 0 Å². The molecule has 0 atom stereocenters. The maximum absolute atomic E-state index is 12.4. The number of amides is 1. The van der Waals surface area contributed by atoms with Crippen molar-refractivity contribution >= 4 is 33.8 Å². The van der Waals surface area contributed by atoms with E-state index >= 15 is 0 Å². The van der Waals surface area contributed by atoms with E-state index in [1.54, 1.807) is 14.2 Å². The summed E-state index contributed by atoms with van der Waals surface area (Å²) in [4.78, 5) is 16.9. The second-order valence-corrected chi connectivity index (χ2v) is 7.24. The Morgan fingerprint density at radius 1 is 1.07 bits per heavy atom. The molecule has 1 aromatic heterocycles. The smallest absolute Gasteiger partial charge is 0.230 e. The Bertz CT molecular complexity index is 985. The van der Waals surface area contributed by atoms with E-state index in [-0.39, 0.29) is 12.3 Å². The number of ether oxygens (including phenoxy) is 2. The van der Waals surface area contributed by atoms with E-state index in [1.165, 1.54) is 11.3 Å². The van der Waals surface area contributed by atoms with Crippen molar-refractivity contribution in [2.45, 2.75) is 20.3 Å².